The minimum absolute atomic E-state index is 0.0289. The first-order valence-electron chi connectivity index (χ1n) is 8.81. The van der Waals surface area contributed by atoms with Crippen molar-refractivity contribution in [3.8, 4) is 5.75 Å². The molecule has 1 amide bonds. The third-order valence-corrected chi connectivity index (χ3v) is 4.23. The molecule has 0 aromatic heterocycles. The second kappa shape index (κ2) is 10.2. The molecule has 0 saturated carbocycles. The number of methoxy groups -OCH3 is 1. The van der Waals surface area contributed by atoms with Crippen molar-refractivity contribution in [2.75, 3.05) is 20.2 Å². The maximum Gasteiger partial charge on any atom is 0.323 e. The van der Waals surface area contributed by atoms with Gasteiger partial charge < -0.3 is 14.7 Å². The molecule has 148 valence electrons. The van der Waals surface area contributed by atoms with Crippen molar-refractivity contribution in [1.29, 1.82) is 0 Å². The lowest BCUT2D eigenvalue weighted by molar-refractivity contribution is -0.144. The van der Waals surface area contributed by atoms with Gasteiger partial charge in [-0.3, -0.25) is 14.4 Å². The first-order valence-corrected chi connectivity index (χ1v) is 8.81. The van der Waals surface area contributed by atoms with Gasteiger partial charge in [0.2, 0.25) is 5.91 Å². The second-order valence-electron chi connectivity index (χ2n) is 6.22. The topological polar surface area (TPSA) is 83.9 Å². The Morgan fingerprint density at radius 2 is 1.79 bits per heavy atom. The molecule has 0 unspecified atom stereocenters. The maximum absolute atomic E-state index is 13.7. The van der Waals surface area contributed by atoms with Gasteiger partial charge in [0.25, 0.3) is 0 Å². The molecule has 6 nitrogen and oxygen atoms in total. The van der Waals surface area contributed by atoms with E-state index in [0.29, 0.717) is 6.42 Å². The van der Waals surface area contributed by atoms with E-state index >= 15 is 0 Å². The molecule has 0 fully saturated rings. The normalized spacial score (nSPS) is 10.4. The molecule has 0 aliphatic rings. The molecule has 1 N–H and O–H groups in total. The van der Waals surface area contributed by atoms with Crippen molar-refractivity contribution in [3.05, 3.63) is 65.5 Å². The fourth-order valence-corrected chi connectivity index (χ4v) is 2.73. The Bertz CT molecular complexity index is 838. The highest BCUT2D eigenvalue weighted by Crippen LogP contribution is 2.19. The monoisotopic (exact) mass is 387 g/mol. The summed E-state index contributed by atoms with van der Waals surface area (Å²) in [6, 6.07) is 13.2. The number of ketones is 1. The Morgan fingerprint density at radius 3 is 2.39 bits per heavy atom. The first-order chi connectivity index (χ1) is 13.4. The third kappa shape index (κ3) is 6.19. The molecule has 0 aliphatic heterocycles. The van der Waals surface area contributed by atoms with E-state index in [4.69, 9.17) is 9.84 Å². The van der Waals surface area contributed by atoms with Gasteiger partial charge in [0.1, 0.15) is 6.54 Å². The molecule has 0 aliphatic carbocycles. The summed E-state index contributed by atoms with van der Waals surface area (Å²) in [6.45, 7) is -0.197. The summed E-state index contributed by atoms with van der Waals surface area (Å²) in [7, 11) is 1.32. The highest BCUT2D eigenvalue weighted by atomic mass is 19.1. The summed E-state index contributed by atoms with van der Waals surface area (Å²) in [5.41, 5.74) is 1.12. The van der Waals surface area contributed by atoms with E-state index in [1.807, 2.05) is 30.3 Å². The number of carbonyl (C=O) groups is 3. The Hall–Kier alpha value is -3.22. The molecule has 0 radical (unpaired) electrons. The second-order valence-corrected chi connectivity index (χ2v) is 6.22. The number of carboxylic acid groups (broad SMARTS) is 1. The summed E-state index contributed by atoms with van der Waals surface area (Å²) in [5, 5.41) is 9.05. The highest BCUT2D eigenvalue weighted by Gasteiger charge is 2.19. The van der Waals surface area contributed by atoms with Crippen LogP contribution < -0.4 is 4.74 Å². The van der Waals surface area contributed by atoms with Crippen LogP contribution >= 0.6 is 0 Å². The molecule has 0 atom stereocenters. The van der Waals surface area contributed by atoms with Gasteiger partial charge >= 0.3 is 5.97 Å². The molecule has 2 rings (SSSR count). The number of Topliss-reactive ketones (excluding diaryl/α,β-unsaturated/α-hetero) is 1. The van der Waals surface area contributed by atoms with Gasteiger partial charge in [-0.2, -0.15) is 0 Å². The van der Waals surface area contributed by atoms with Crippen LogP contribution in [-0.2, 0) is 16.0 Å². The molecule has 0 heterocycles. The lowest BCUT2D eigenvalue weighted by Crippen LogP contribution is -2.37. The molecule has 2 aromatic carbocycles. The lowest BCUT2D eigenvalue weighted by atomic mass is 10.1. The summed E-state index contributed by atoms with van der Waals surface area (Å²) in [4.78, 5) is 36.9. The van der Waals surface area contributed by atoms with E-state index in [2.05, 4.69) is 0 Å². The average molecular weight is 387 g/mol. The summed E-state index contributed by atoms with van der Waals surface area (Å²) in [6.07, 6.45) is 0.234. The zero-order chi connectivity index (χ0) is 20.5. The fraction of sp³-hybridized carbons (Fsp3) is 0.286. The van der Waals surface area contributed by atoms with Crippen LogP contribution in [0.4, 0.5) is 4.39 Å². The van der Waals surface area contributed by atoms with Gasteiger partial charge in [0.05, 0.1) is 7.11 Å². The summed E-state index contributed by atoms with van der Waals surface area (Å²) >= 11 is 0. The molecule has 2 aromatic rings. The third-order valence-electron chi connectivity index (χ3n) is 4.23. The van der Waals surface area contributed by atoms with E-state index < -0.39 is 30.0 Å². The standard InChI is InChI=1S/C21H22FNO5/c1-28-19-9-7-16(13-17(19)22)18(24)8-10-20(25)23(14-21(26)27)12-11-15-5-3-2-4-6-15/h2-7,9,13H,8,10-12,14H2,1H3,(H,26,27). The number of carboxylic acids is 1. The number of amides is 1. The van der Waals surface area contributed by atoms with Crippen molar-refractivity contribution < 1.29 is 28.6 Å². The van der Waals surface area contributed by atoms with Crippen LogP contribution in [0.15, 0.2) is 48.5 Å². The maximum atomic E-state index is 13.7. The number of halogens is 1. The number of rotatable bonds is 10. The number of hydrogen-bond donors (Lipinski definition) is 1. The fourth-order valence-electron chi connectivity index (χ4n) is 2.73. The van der Waals surface area contributed by atoms with Gasteiger partial charge in [-0.25, -0.2) is 4.39 Å². The number of aliphatic carboxylic acids is 1. The lowest BCUT2D eigenvalue weighted by Gasteiger charge is -2.20. The van der Waals surface area contributed by atoms with Gasteiger partial charge in [-0.05, 0) is 30.2 Å². The number of ether oxygens (including phenoxy) is 1. The molecule has 0 spiro atoms. The first kappa shape index (κ1) is 21.1. The molecule has 0 saturated heterocycles. The van der Waals surface area contributed by atoms with Crippen LogP contribution in [0, 0.1) is 5.82 Å². The van der Waals surface area contributed by atoms with Crippen LogP contribution in [0.2, 0.25) is 0 Å². The van der Waals surface area contributed by atoms with E-state index in [1.165, 1.54) is 24.1 Å². The van der Waals surface area contributed by atoms with Crippen LogP contribution in [0.25, 0.3) is 0 Å². The van der Waals surface area contributed by atoms with Crippen molar-refractivity contribution in [2.24, 2.45) is 0 Å². The molecular formula is C21H22FNO5. The predicted molar refractivity (Wildman–Crippen MR) is 101 cm³/mol. The minimum Gasteiger partial charge on any atom is -0.494 e. The highest BCUT2D eigenvalue weighted by molar-refractivity contribution is 5.98. The number of nitrogens with zero attached hydrogens (tertiary/aromatic N) is 1. The Kier molecular flexibility index (Phi) is 7.68. The van der Waals surface area contributed by atoms with Crippen LogP contribution in [0.1, 0.15) is 28.8 Å². The molecule has 28 heavy (non-hydrogen) atoms. The molecule has 0 bridgehead atoms. The number of hydrogen-bond acceptors (Lipinski definition) is 4. The largest absolute Gasteiger partial charge is 0.494 e. The average Bonchev–Trinajstić information content (AvgIpc) is 2.69. The molecular weight excluding hydrogens is 365 g/mol. The Morgan fingerprint density at radius 1 is 1.07 bits per heavy atom. The number of carbonyl (C=O) groups excluding carboxylic acids is 2. The van der Waals surface area contributed by atoms with E-state index in [1.54, 1.807) is 0 Å². The zero-order valence-electron chi connectivity index (χ0n) is 15.6. The minimum atomic E-state index is -1.12. The van der Waals surface area contributed by atoms with Crippen molar-refractivity contribution in [3.63, 3.8) is 0 Å². The zero-order valence-corrected chi connectivity index (χ0v) is 15.6. The Balaban J connectivity index is 1.95. The van der Waals surface area contributed by atoms with Crippen molar-refractivity contribution >= 4 is 17.7 Å². The summed E-state index contributed by atoms with van der Waals surface area (Å²) < 4.78 is 18.5. The quantitative estimate of drug-likeness (QED) is 0.634. The van der Waals surface area contributed by atoms with Crippen molar-refractivity contribution in [2.45, 2.75) is 19.3 Å². The van der Waals surface area contributed by atoms with Crippen LogP contribution in [-0.4, -0.2) is 47.9 Å². The number of benzene rings is 2. The Labute approximate surface area is 162 Å². The SMILES string of the molecule is COc1ccc(C(=O)CCC(=O)N(CCc2ccccc2)CC(=O)O)cc1F. The van der Waals surface area contributed by atoms with Gasteiger partial charge in [-0.1, -0.05) is 30.3 Å². The summed E-state index contributed by atoms with van der Waals surface area (Å²) in [5.74, 6) is -2.57. The van der Waals surface area contributed by atoms with E-state index in [-0.39, 0.29) is 30.7 Å². The van der Waals surface area contributed by atoms with Gasteiger partial charge in [0.15, 0.2) is 17.3 Å². The van der Waals surface area contributed by atoms with E-state index in [0.717, 1.165) is 11.6 Å². The molecule has 7 heteroatoms. The predicted octanol–water partition coefficient (Wildman–Crippen LogP) is 2.95. The van der Waals surface area contributed by atoms with Crippen LogP contribution in [0.3, 0.4) is 0 Å². The van der Waals surface area contributed by atoms with Gasteiger partial charge in [0, 0.05) is 24.9 Å². The van der Waals surface area contributed by atoms with E-state index in [9.17, 15) is 18.8 Å². The van der Waals surface area contributed by atoms with Crippen molar-refractivity contribution in [1.82, 2.24) is 4.90 Å². The van der Waals surface area contributed by atoms with Gasteiger partial charge in [-0.15, -0.1) is 0 Å². The van der Waals surface area contributed by atoms with Crippen LogP contribution in [0.5, 0.6) is 5.75 Å². The smallest absolute Gasteiger partial charge is 0.323 e.